The molecule has 1 fully saturated rings. The number of rotatable bonds is 3. The van der Waals surface area contributed by atoms with Crippen molar-refractivity contribution in [2.24, 2.45) is 0 Å². The summed E-state index contributed by atoms with van der Waals surface area (Å²) in [5.74, 6) is -0.185. The lowest BCUT2D eigenvalue weighted by atomic mass is 10.0. The number of cyclic esters (lactones) is 1. The molecule has 0 amide bonds. The summed E-state index contributed by atoms with van der Waals surface area (Å²) in [6.07, 6.45) is 3.34. The fourth-order valence-corrected chi connectivity index (χ4v) is 2.46. The van der Waals surface area contributed by atoms with Crippen molar-refractivity contribution in [3.63, 3.8) is 0 Å². The Balaban J connectivity index is 1.71. The van der Waals surface area contributed by atoms with Crippen LogP contribution >= 0.6 is 0 Å². The third-order valence-corrected chi connectivity index (χ3v) is 3.43. The van der Waals surface area contributed by atoms with E-state index in [0.717, 1.165) is 17.6 Å². The summed E-state index contributed by atoms with van der Waals surface area (Å²) in [6.45, 7) is 0. The fraction of sp³-hybridized carbons (Fsp3) is 0.167. The highest BCUT2D eigenvalue weighted by Gasteiger charge is 2.28. The molecular formula is C18H16O2. The molecule has 2 heteroatoms. The van der Waals surface area contributed by atoms with Crippen LogP contribution in [-0.2, 0) is 16.0 Å². The van der Waals surface area contributed by atoms with Crippen LogP contribution in [0.3, 0.4) is 0 Å². The van der Waals surface area contributed by atoms with Gasteiger partial charge in [0.1, 0.15) is 6.10 Å². The monoisotopic (exact) mass is 264 g/mol. The van der Waals surface area contributed by atoms with E-state index in [1.807, 2.05) is 54.6 Å². The summed E-state index contributed by atoms with van der Waals surface area (Å²) in [7, 11) is 0. The van der Waals surface area contributed by atoms with Gasteiger partial charge in [0.2, 0.25) is 0 Å². The lowest BCUT2D eigenvalue weighted by Gasteiger charge is -2.07. The summed E-state index contributed by atoms with van der Waals surface area (Å²) >= 11 is 0. The first-order valence-electron chi connectivity index (χ1n) is 6.82. The van der Waals surface area contributed by atoms with Gasteiger partial charge in [0, 0.05) is 18.4 Å². The van der Waals surface area contributed by atoms with Crippen molar-refractivity contribution in [1.82, 2.24) is 0 Å². The van der Waals surface area contributed by atoms with Gasteiger partial charge in [0.25, 0.3) is 0 Å². The van der Waals surface area contributed by atoms with Crippen molar-refractivity contribution in [3.8, 4) is 0 Å². The minimum absolute atomic E-state index is 0.0418. The molecule has 0 spiro atoms. The molecule has 0 N–H and O–H groups in total. The first-order valence-corrected chi connectivity index (χ1v) is 6.82. The Morgan fingerprint density at radius 2 is 1.65 bits per heavy atom. The van der Waals surface area contributed by atoms with Gasteiger partial charge in [-0.15, -0.1) is 0 Å². The Morgan fingerprint density at radius 3 is 2.35 bits per heavy atom. The standard InChI is InChI=1S/C18H16O2/c19-18-16(11-14-7-3-1-4-8-14)13-17(20-18)12-15-9-5-2-6-10-15/h1-11,17H,12-13H2/b16-11-. The maximum atomic E-state index is 11.9. The average Bonchev–Trinajstić information content (AvgIpc) is 2.81. The minimum atomic E-state index is -0.185. The van der Waals surface area contributed by atoms with Crippen molar-refractivity contribution in [3.05, 3.63) is 77.4 Å². The van der Waals surface area contributed by atoms with E-state index in [4.69, 9.17) is 4.74 Å². The van der Waals surface area contributed by atoms with E-state index in [2.05, 4.69) is 12.1 Å². The van der Waals surface area contributed by atoms with Gasteiger partial charge in [-0.1, -0.05) is 60.7 Å². The molecule has 1 aliphatic rings. The van der Waals surface area contributed by atoms with Crippen LogP contribution in [0.1, 0.15) is 17.5 Å². The van der Waals surface area contributed by atoms with Crippen molar-refractivity contribution >= 4 is 12.0 Å². The molecule has 0 saturated carbocycles. The number of ether oxygens (including phenoxy) is 1. The summed E-state index contributed by atoms with van der Waals surface area (Å²) in [5, 5.41) is 0. The Labute approximate surface area is 118 Å². The zero-order valence-corrected chi connectivity index (χ0v) is 11.2. The van der Waals surface area contributed by atoms with Crippen LogP contribution in [0.2, 0.25) is 0 Å². The molecule has 1 atom stereocenters. The molecular weight excluding hydrogens is 248 g/mol. The van der Waals surface area contributed by atoms with Gasteiger partial charge in [-0.05, 0) is 17.2 Å². The third kappa shape index (κ3) is 2.97. The maximum Gasteiger partial charge on any atom is 0.334 e. The molecule has 0 aromatic heterocycles. The summed E-state index contributed by atoms with van der Waals surface area (Å²) < 4.78 is 5.44. The molecule has 3 rings (SSSR count). The zero-order valence-electron chi connectivity index (χ0n) is 11.2. The van der Waals surface area contributed by atoms with Gasteiger partial charge in [-0.2, -0.15) is 0 Å². The van der Waals surface area contributed by atoms with E-state index in [1.165, 1.54) is 5.56 Å². The second-order valence-electron chi connectivity index (χ2n) is 5.00. The van der Waals surface area contributed by atoms with Gasteiger partial charge in [-0.25, -0.2) is 4.79 Å². The Kier molecular flexibility index (Phi) is 3.64. The first kappa shape index (κ1) is 12.7. The van der Waals surface area contributed by atoms with Crippen LogP contribution < -0.4 is 0 Å². The van der Waals surface area contributed by atoms with Crippen molar-refractivity contribution in [1.29, 1.82) is 0 Å². The summed E-state index contributed by atoms with van der Waals surface area (Å²) in [5.41, 5.74) is 3.00. The molecule has 0 radical (unpaired) electrons. The second-order valence-corrected chi connectivity index (χ2v) is 5.00. The average molecular weight is 264 g/mol. The van der Waals surface area contributed by atoms with Gasteiger partial charge in [0.05, 0.1) is 0 Å². The van der Waals surface area contributed by atoms with Crippen molar-refractivity contribution in [2.45, 2.75) is 18.9 Å². The second kappa shape index (κ2) is 5.74. The van der Waals surface area contributed by atoms with E-state index >= 15 is 0 Å². The van der Waals surface area contributed by atoms with Crippen molar-refractivity contribution in [2.75, 3.05) is 0 Å². The number of hydrogen-bond acceptors (Lipinski definition) is 2. The molecule has 1 saturated heterocycles. The number of benzene rings is 2. The highest BCUT2D eigenvalue weighted by atomic mass is 16.5. The van der Waals surface area contributed by atoms with E-state index in [1.54, 1.807) is 0 Å². The third-order valence-electron chi connectivity index (χ3n) is 3.43. The predicted octanol–water partition coefficient (Wildman–Crippen LogP) is 3.63. The van der Waals surface area contributed by atoms with Crippen LogP contribution in [0.25, 0.3) is 6.08 Å². The number of carbonyl (C=O) groups excluding carboxylic acids is 1. The first-order chi connectivity index (χ1) is 9.81. The molecule has 1 aliphatic heterocycles. The topological polar surface area (TPSA) is 26.3 Å². The minimum Gasteiger partial charge on any atom is -0.458 e. The van der Waals surface area contributed by atoms with Gasteiger partial charge >= 0.3 is 5.97 Å². The van der Waals surface area contributed by atoms with E-state index in [0.29, 0.717) is 6.42 Å². The molecule has 2 aromatic carbocycles. The highest BCUT2D eigenvalue weighted by molar-refractivity contribution is 5.95. The Morgan fingerprint density at radius 1 is 1.00 bits per heavy atom. The van der Waals surface area contributed by atoms with Crippen LogP contribution in [0, 0.1) is 0 Å². The SMILES string of the molecule is O=C1OC(Cc2ccccc2)C/C1=C/c1ccccc1. The molecule has 2 nitrogen and oxygen atoms in total. The molecule has 100 valence electrons. The van der Waals surface area contributed by atoms with Crippen LogP contribution in [0.5, 0.6) is 0 Å². The van der Waals surface area contributed by atoms with Crippen LogP contribution in [0.4, 0.5) is 0 Å². The van der Waals surface area contributed by atoms with Gasteiger partial charge < -0.3 is 4.74 Å². The smallest absolute Gasteiger partial charge is 0.334 e. The zero-order chi connectivity index (χ0) is 13.8. The van der Waals surface area contributed by atoms with Gasteiger partial charge in [-0.3, -0.25) is 0 Å². The van der Waals surface area contributed by atoms with Gasteiger partial charge in [0.15, 0.2) is 0 Å². The highest BCUT2D eigenvalue weighted by Crippen LogP contribution is 2.25. The Hall–Kier alpha value is -2.35. The fourth-order valence-electron chi connectivity index (χ4n) is 2.46. The number of hydrogen-bond donors (Lipinski definition) is 0. The quantitative estimate of drug-likeness (QED) is 0.625. The number of esters is 1. The lowest BCUT2D eigenvalue weighted by molar-refractivity contribution is -0.138. The molecule has 0 aliphatic carbocycles. The predicted molar refractivity (Wildman–Crippen MR) is 79.1 cm³/mol. The molecule has 2 aromatic rings. The summed E-state index contributed by atoms with van der Waals surface area (Å²) in [6, 6.07) is 20.0. The molecule has 1 heterocycles. The van der Waals surface area contributed by atoms with E-state index in [9.17, 15) is 4.79 Å². The number of carbonyl (C=O) groups is 1. The normalized spacial score (nSPS) is 20.1. The van der Waals surface area contributed by atoms with Crippen molar-refractivity contribution < 1.29 is 9.53 Å². The van der Waals surface area contributed by atoms with Crippen LogP contribution in [0.15, 0.2) is 66.2 Å². The maximum absolute atomic E-state index is 11.9. The Bertz CT molecular complexity index is 614. The largest absolute Gasteiger partial charge is 0.458 e. The molecule has 1 unspecified atom stereocenters. The lowest BCUT2D eigenvalue weighted by Crippen LogP contribution is -2.09. The van der Waals surface area contributed by atoms with E-state index < -0.39 is 0 Å². The van der Waals surface area contributed by atoms with Crippen LogP contribution in [-0.4, -0.2) is 12.1 Å². The summed E-state index contributed by atoms with van der Waals surface area (Å²) in [4.78, 5) is 11.9. The molecule has 0 bridgehead atoms. The van der Waals surface area contributed by atoms with E-state index in [-0.39, 0.29) is 12.1 Å². The molecule has 20 heavy (non-hydrogen) atoms.